The molecule has 3 nitrogen and oxygen atoms in total. The van der Waals surface area contributed by atoms with Gasteiger partial charge in [-0.2, -0.15) is 0 Å². The second-order valence-corrected chi connectivity index (χ2v) is 6.62. The number of benzene rings is 2. The summed E-state index contributed by atoms with van der Waals surface area (Å²) in [6.45, 7) is 0. The summed E-state index contributed by atoms with van der Waals surface area (Å²) in [7, 11) is 0. The molecule has 2 aliphatic rings. The van der Waals surface area contributed by atoms with E-state index in [0.29, 0.717) is 12.8 Å². The van der Waals surface area contributed by atoms with Crippen LogP contribution in [-0.4, -0.2) is 11.1 Å². The van der Waals surface area contributed by atoms with Crippen LogP contribution in [0, 0.1) is 5.41 Å². The van der Waals surface area contributed by atoms with Crippen molar-refractivity contribution < 1.29 is 14.6 Å². The van der Waals surface area contributed by atoms with Gasteiger partial charge in [0.1, 0.15) is 11.0 Å². The Hall–Kier alpha value is -2.13. The highest BCUT2D eigenvalue weighted by molar-refractivity contribution is 5.82. The lowest BCUT2D eigenvalue weighted by Gasteiger charge is -2.38. The molecule has 2 aromatic rings. The number of rotatable bonds is 2. The molecule has 1 aliphatic heterocycles. The minimum Gasteiger partial charge on any atom is -0.453 e. The highest BCUT2D eigenvalue weighted by Crippen LogP contribution is 2.62. The van der Waals surface area contributed by atoms with Gasteiger partial charge < -0.3 is 9.84 Å². The molecule has 0 aromatic heterocycles. The number of hydrogen-bond acceptors (Lipinski definition) is 3. The van der Waals surface area contributed by atoms with Gasteiger partial charge in [0.25, 0.3) is 0 Å². The van der Waals surface area contributed by atoms with Crippen LogP contribution in [0.1, 0.15) is 42.9 Å². The second-order valence-electron chi connectivity index (χ2n) is 6.62. The molecule has 2 atom stereocenters. The summed E-state index contributed by atoms with van der Waals surface area (Å²) in [6, 6.07) is 19.1. The lowest BCUT2D eigenvalue weighted by molar-refractivity contribution is -0.149. The van der Waals surface area contributed by atoms with E-state index >= 15 is 0 Å². The van der Waals surface area contributed by atoms with Crippen LogP contribution in [-0.2, 0) is 15.1 Å². The largest absolute Gasteiger partial charge is 0.453 e. The van der Waals surface area contributed by atoms with Gasteiger partial charge in [-0.15, -0.1) is 0 Å². The molecule has 0 bridgehead atoms. The SMILES string of the molecule is O=C1O[C@H](c2ccccc2)[C@](O)(c2ccccc2)C12CCCC2. The zero-order valence-corrected chi connectivity index (χ0v) is 12.9. The predicted octanol–water partition coefficient (Wildman–Crippen LogP) is 3.73. The van der Waals surface area contributed by atoms with Gasteiger partial charge in [-0.3, -0.25) is 4.79 Å². The zero-order chi connectivity index (χ0) is 15.9. The Kier molecular flexibility index (Phi) is 3.27. The Morgan fingerprint density at radius 2 is 1.48 bits per heavy atom. The molecule has 0 radical (unpaired) electrons. The van der Waals surface area contributed by atoms with Crippen molar-refractivity contribution in [1.29, 1.82) is 0 Å². The van der Waals surface area contributed by atoms with Crippen LogP contribution in [0.4, 0.5) is 0 Å². The molecular formula is C20H20O3. The van der Waals surface area contributed by atoms with Crippen molar-refractivity contribution >= 4 is 5.97 Å². The Morgan fingerprint density at radius 3 is 2.09 bits per heavy atom. The molecule has 23 heavy (non-hydrogen) atoms. The fourth-order valence-corrected chi connectivity index (χ4v) is 4.33. The molecule has 0 unspecified atom stereocenters. The third-order valence-corrected chi connectivity index (χ3v) is 5.50. The molecule has 1 saturated heterocycles. The molecule has 1 N–H and O–H groups in total. The fourth-order valence-electron chi connectivity index (χ4n) is 4.33. The van der Waals surface area contributed by atoms with E-state index in [1.165, 1.54) is 0 Å². The maximum absolute atomic E-state index is 12.8. The molecule has 1 heterocycles. The van der Waals surface area contributed by atoms with E-state index in [1.807, 2.05) is 60.7 Å². The van der Waals surface area contributed by atoms with Gasteiger partial charge in [-0.25, -0.2) is 0 Å². The normalized spacial score (nSPS) is 28.9. The van der Waals surface area contributed by atoms with Crippen LogP contribution in [0.5, 0.6) is 0 Å². The zero-order valence-electron chi connectivity index (χ0n) is 12.9. The van der Waals surface area contributed by atoms with E-state index in [2.05, 4.69) is 0 Å². The molecule has 1 aliphatic carbocycles. The summed E-state index contributed by atoms with van der Waals surface area (Å²) < 4.78 is 5.77. The summed E-state index contributed by atoms with van der Waals surface area (Å²) in [5.41, 5.74) is -0.532. The highest BCUT2D eigenvalue weighted by atomic mass is 16.6. The van der Waals surface area contributed by atoms with E-state index in [9.17, 15) is 9.90 Å². The van der Waals surface area contributed by atoms with Crippen LogP contribution in [0.25, 0.3) is 0 Å². The maximum Gasteiger partial charge on any atom is 0.316 e. The standard InChI is InChI=1S/C20H20O3/c21-18-19(13-7-8-14-19)20(22,16-11-5-2-6-12-16)17(23-18)15-9-3-1-4-10-15/h1-6,9-12,17,22H,7-8,13-14H2/t17-,20-/m1/s1. The Morgan fingerprint density at radius 1 is 0.913 bits per heavy atom. The summed E-state index contributed by atoms with van der Waals surface area (Å²) in [5, 5.41) is 11.9. The molecule has 4 rings (SSSR count). The Labute approximate surface area is 135 Å². The third-order valence-electron chi connectivity index (χ3n) is 5.50. The topological polar surface area (TPSA) is 46.5 Å². The molecule has 3 heteroatoms. The van der Waals surface area contributed by atoms with Crippen molar-refractivity contribution in [2.24, 2.45) is 5.41 Å². The van der Waals surface area contributed by atoms with E-state index in [-0.39, 0.29) is 5.97 Å². The van der Waals surface area contributed by atoms with Gasteiger partial charge >= 0.3 is 5.97 Å². The molecule has 1 saturated carbocycles. The summed E-state index contributed by atoms with van der Waals surface area (Å²) >= 11 is 0. The van der Waals surface area contributed by atoms with Crippen LogP contribution in [0.2, 0.25) is 0 Å². The molecule has 1 spiro atoms. The van der Waals surface area contributed by atoms with E-state index in [1.54, 1.807) is 0 Å². The maximum atomic E-state index is 12.8. The quantitative estimate of drug-likeness (QED) is 0.860. The van der Waals surface area contributed by atoms with Crippen molar-refractivity contribution in [2.75, 3.05) is 0 Å². The third kappa shape index (κ3) is 1.89. The molecule has 2 fully saturated rings. The molecule has 2 aromatic carbocycles. The van der Waals surface area contributed by atoms with Crippen LogP contribution < -0.4 is 0 Å². The van der Waals surface area contributed by atoms with Crippen molar-refractivity contribution in [3.8, 4) is 0 Å². The van der Waals surface area contributed by atoms with Gasteiger partial charge in [0.05, 0.1) is 0 Å². The predicted molar refractivity (Wildman–Crippen MR) is 86.5 cm³/mol. The number of carbonyl (C=O) groups excluding carboxylic acids is 1. The van der Waals surface area contributed by atoms with Crippen molar-refractivity contribution in [2.45, 2.75) is 37.4 Å². The number of ether oxygens (including phenoxy) is 1. The van der Waals surface area contributed by atoms with Gasteiger partial charge in [0, 0.05) is 0 Å². The van der Waals surface area contributed by atoms with Gasteiger partial charge in [-0.05, 0) is 24.0 Å². The number of carbonyl (C=O) groups is 1. The van der Waals surface area contributed by atoms with Crippen molar-refractivity contribution in [1.82, 2.24) is 0 Å². The number of cyclic esters (lactones) is 1. The van der Waals surface area contributed by atoms with Crippen LogP contribution in [0.15, 0.2) is 60.7 Å². The first-order valence-corrected chi connectivity index (χ1v) is 8.22. The minimum absolute atomic E-state index is 0.254. The monoisotopic (exact) mass is 308 g/mol. The number of aliphatic hydroxyl groups is 1. The average molecular weight is 308 g/mol. The first kappa shape index (κ1) is 14.5. The molecule has 0 amide bonds. The van der Waals surface area contributed by atoms with E-state index in [4.69, 9.17) is 4.74 Å². The lowest BCUT2D eigenvalue weighted by Crippen LogP contribution is -2.46. The Bertz CT molecular complexity index is 704. The second kappa shape index (κ2) is 5.20. The average Bonchev–Trinajstić information content (AvgIpc) is 3.19. The number of esters is 1. The van der Waals surface area contributed by atoms with Crippen LogP contribution >= 0.6 is 0 Å². The fraction of sp³-hybridized carbons (Fsp3) is 0.350. The van der Waals surface area contributed by atoms with Crippen LogP contribution in [0.3, 0.4) is 0 Å². The Balaban J connectivity index is 1.92. The highest BCUT2D eigenvalue weighted by Gasteiger charge is 2.68. The first-order chi connectivity index (χ1) is 11.2. The van der Waals surface area contributed by atoms with Gasteiger partial charge in [-0.1, -0.05) is 73.5 Å². The van der Waals surface area contributed by atoms with E-state index in [0.717, 1.165) is 24.0 Å². The van der Waals surface area contributed by atoms with E-state index < -0.39 is 17.1 Å². The summed E-state index contributed by atoms with van der Waals surface area (Å²) in [4.78, 5) is 12.8. The molecular weight excluding hydrogens is 288 g/mol. The summed E-state index contributed by atoms with van der Waals surface area (Å²) in [5.74, 6) is -0.254. The lowest BCUT2D eigenvalue weighted by atomic mass is 9.65. The first-order valence-electron chi connectivity index (χ1n) is 8.22. The smallest absolute Gasteiger partial charge is 0.316 e. The molecule has 118 valence electrons. The van der Waals surface area contributed by atoms with Gasteiger partial charge in [0.2, 0.25) is 0 Å². The summed E-state index contributed by atoms with van der Waals surface area (Å²) in [6.07, 6.45) is 2.61. The van der Waals surface area contributed by atoms with Gasteiger partial charge in [0.15, 0.2) is 6.10 Å². The van der Waals surface area contributed by atoms with Crippen molar-refractivity contribution in [3.05, 3.63) is 71.8 Å². The minimum atomic E-state index is -1.32. The van der Waals surface area contributed by atoms with Crippen molar-refractivity contribution in [3.63, 3.8) is 0 Å². The number of hydrogen-bond donors (Lipinski definition) is 1.